The number of carboxylic acid groups (broad SMARTS) is 2. The number of carbonyl (C=O) groups excluding carboxylic acids is 1. The molecule has 23 heavy (non-hydrogen) atoms. The van der Waals surface area contributed by atoms with Crippen LogP contribution >= 0.6 is 0 Å². The molecule has 0 aromatic carbocycles. The Balaban J connectivity index is 2.96. The highest BCUT2D eigenvalue weighted by molar-refractivity contribution is 5.94. The third-order valence-electron chi connectivity index (χ3n) is 3.96. The monoisotopic (exact) mass is 328 g/mol. The van der Waals surface area contributed by atoms with Crippen LogP contribution in [0.3, 0.4) is 0 Å². The predicted octanol–water partition coefficient (Wildman–Crippen LogP) is 2.00. The summed E-state index contributed by atoms with van der Waals surface area (Å²) in [5, 5.41) is 18.3. The van der Waals surface area contributed by atoms with Crippen molar-refractivity contribution in [2.75, 3.05) is 20.3 Å². The van der Waals surface area contributed by atoms with Crippen LogP contribution in [0.4, 0.5) is 0 Å². The molecule has 0 amide bonds. The molecule has 0 heterocycles. The van der Waals surface area contributed by atoms with Gasteiger partial charge in [-0.05, 0) is 24.3 Å². The summed E-state index contributed by atoms with van der Waals surface area (Å²) in [5.41, 5.74) is 0.218. The topological polar surface area (TPSA) is 110 Å². The Kier molecular flexibility index (Phi) is 8.32. The maximum atomic E-state index is 11.9. The van der Waals surface area contributed by atoms with Crippen LogP contribution in [0.15, 0.2) is 11.1 Å². The predicted molar refractivity (Wildman–Crippen MR) is 80.9 cm³/mol. The molecule has 0 atom stereocenters. The van der Waals surface area contributed by atoms with E-state index < -0.39 is 24.3 Å². The summed E-state index contributed by atoms with van der Waals surface area (Å²) < 4.78 is 9.79. The van der Waals surface area contributed by atoms with Crippen LogP contribution in [-0.2, 0) is 23.9 Å². The molecule has 0 bridgehead atoms. The number of hydrogen-bond donors (Lipinski definition) is 2. The number of carboxylic acids is 2. The van der Waals surface area contributed by atoms with Crippen LogP contribution in [0.25, 0.3) is 0 Å². The minimum Gasteiger partial charge on any atom is -0.481 e. The molecule has 0 saturated heterocycles. The lowest BCUT2D eigenvalue weighted by Gasteiger charge is -2.25. The van der Waals surface area contributed by atoms with Gasteiger partial charge >= 0.3 is 17.9 Å². The van der Waals surface area contributed by atoms with Crippen molar-refractivity contribution in [3.8, 4) is 0 Å². The number of carbonyl (C=O) groups is 3. The largest absolute Gasteiger partial charge is 0.481 e. The van der Waals surface area contributed by atoms with Crippen molar-refractivity contribution in [2.45, 2.75) is 44.9 Å². The number of aliphatic carboxylic acids is 2. The summed E-state index contributed by atoms with van der Waals surface area (Å²) in [6, 6.07) is 0. The van der Waals surface area contributed by atoms with E-state index in [4.69, 9.17) is 14.6 Å². The van der Waals surface area contributed by atoms with Crippen LogP contribution in [-0.4, -0.2) is 48.4 Å². The SMILES string of the molecule is COCCOC(=O)CC(=C(CC(=O)O)C(=O)O)C1CCCCC1. The molecule has 1 rings (SSSR count). The van der Waals surface area contributed by atoms with Crippen LogP contribution in [0, 0.1) is 5.92 Å². The van der Waals surface area contributed by atoms with E-state index >= 15 is 0 Å². The zero-order chi connectivity index (χ0) is 17.2. The summed E-state index contributed by atoms with van der Waals surface area (Å²) in [7, 11) is 1.48. The van der Waals surface area contributed by atoms with Gasteiger partial charge in [0.05, 0.1) is 19.4 Å². The number of methoxy groups -OCH3 is 1. The van der Waals surface area contributed by atoms with Crippen molar-refractivity contribution in [3.05, 3.63) is 11.1 Å². The summed E-state index contributed by atoms with van der Waals surface area (Å²) in [6.07, 6.45) is 3.76. The molecule has 0 aliphatic heterocycles. The highest BCUT2D eigenvalue weighted by Crippen LogP contribution is 2.34. The molecule has 1 aliphatic rings. The van der Waals surface area contributed by atoms with Gasteiger partial charge in [0.15, 0.2) is 0 Å². The van der Waals surface area contributed by atoms with Crippen molar-refractivity contribution >= 4 is 17.9 Å². The zero-order valence-electron chi connectivity index (χ0n) is 13.4. The molecule has 0 spiro atoms. The Morgan fingerprint density at radius 1 is 1.00 bits per heavy atom. The van der Waals surface area contributed by atoms with Gasteiger partial charge in [0.2, 0.25) is 0 Å². The van der Waals surface area contributed by atoms with E-state index in [-0.39, 0.29) is 31.1 Å². The van der Waals surface area contributed by atoms with Gasteiger partial charge < -0.3 is 19.7 Å². The van der Waals surface area contributed by atoms with Crippen LogP contribution in [0.1, 0.15) is 44.9 Å². The molecule has 0 unspecified atom stereocenters. The summed E-state index contributed by atoms with van der Waals surface area (Å²) in [4.78, 5) is 34.4. The Bertz CT molecular complexity index is 461. The van der Waals surface area contributed by atoms with Crippen molar-refractivity contribution in [1.29, 1.82) is 0 Å². The first-order chi connectivity index (χ1) is 11.0. The minimum atomic E-state index is -1.28. The van der Waals surface area contributed by atoms with Crippen molar-refractivity contribution in [3.63, 3.8) is 0 Å². The first kappa shape index (κ1) is 19.2. The molecular formula is C16H24O7. The molecule has 0 radical (unpaired) electrons. The zero-order valence-corrected chi connectivity index (χ0v) is 13.4. The second-order valence-corrected chi connectivity index (χ2v) is 5.60. The first-order valence-electron chi connectivity index (χ1n) is 7.77. The lowest BCUT2D eigenvalue weighted by molar-refractivity contribution is -0.144. The van der Waals surface area contributed by atoms with Gasteiger partial charge in [0.1, 0.15) is 6.61 Å². The third-order valence-corrected chi connectivity index (χ3v) is 3.96. The van der Waals surface area contributed by atoms with Gasteiger partial charge in [-0.2, -0.15) is 0 Å². The van der Waals surface area contributed by atoms with E-state index in [0.29, 0.717) is 5.57 Å². The minimum absolute atomic E-state index is 0.0656. The number of hydrogen-bond acceptors (Lipinski definition) is 5. The Morgan fingerprint density at radius 3 is 2.17 bits per heavy atom. The van der Waals surface area contributed by atoms with Crippen LogP contribution < -0.4 is 0 Å². The van der Waals surface area contributed by atoms with Gasteiger partial charge in [-0.25, -0.2) is 4.79 Å². The lowest BCUT2D eigenvalue weighted by atomic mass is 9.80. The fourth-order valence-electron chi connectivity index (χ4n) is 2.87. The van der Waals surface area contributed by atoms with E-state index in [2.05, 4.69) is 0 Å². The molecule has 7 nitrogen and oxygen atoms in total. The summed E-state index contributed by atoms with van der Waals surface area (Å²) >= 11 is 0. The van der Waals surface area contributed by atoms with E-state index in [1.165, 1.54) is 7.11 Å². The lowest BCUT2D eigenvalue weighted by Crippen LogP contribution is -2.20. The van der Waals surface area contributed by atoms with Gasteiger partial charge in [-0.15, -0.1) is 0 Å². The molecule has 2 N–H and O–H groups in total. The Morgan fingerprint density at radius 2 is 1.65 bits per heavy atom. The summed E-state index contributed by atoms with van der Waals surface area (Å²) in [5.74, 6) is -3.11. The molecule has 0 aromatic rings. The highest BCUT2D eigenvalue weighted by atomic mass is 16.6. The molecule has 1 fully saturated rings. The fourth-order valence-corrected chi connectivity index (χ4v) is 2.87. The van der Waals surface area contributed by atoms with E-state index in [1.807, 2.05) is 0 Å². The molecule has 1 aliphatic carbocycles. The van der Waals surface area contributed by atoms with E-state index in [0.717, 1.165) is 32.1 Å². The first-order valence-corrected chi connectivity index (χ1v) is 7.77. The van der Waals surface area contributed by atoms with Gasteiger partial charge in [-0.3, -0.25) is 9.59 Å². The molecule has 1 saturated carbocycles. The van der Waals surface area contributed by atoms with Gasteiger partial charge in [-0.1, -0.05) is 19.3 Å². The van der Waals surface area contributed by atoms with Crippen molar-refractivity contribution in [1.82, 2.24) is 0 Å². The number of ether oxygens (including phenoxy) is 2. The third kappa shape index (κ3) is 6.81. The van der Waals surface area contributed by atoms with Crippen LogP contribution in [0.2, 0.25) is 0 Å². The molecule has 7 heteroatoms. The fraction of sp³-hybridized carbons (Fsp3) is 0.688. The van der Waals surface area contributed by atoms with E-state index in [9.17, 15) is 19.5 Å². The second-order valence-electron chi connectivity index (χ2n) is 5.60. The number of rotatable bonds is 9. The quantitative estimate of drug-likeness (QED) is 0.378. The maximum absolute atomic E-state index is 11.9. The molecular weight excluding hydrogens is 304 g/mol. The van der Waals surface area contributed by atoms with Crippen molar-refractivity contribution < 1.29 is 34.1 Å². The Labute approximate surface area is 135 Å². The standard InChI is InChI=1S/C16H24O7/c1-22-7-8-23-15(19)10-12(11-5-3-2-4-6-11)13(16(20)21)9-14(17)18/h11H,2-10H2,1H3,(H,17,18)(H,20,21). The normalized spacial score (nSPS) is 16.6. The van der Waals surface area contributed by atoms with Gasteiger partial charge in [0, 0.05) is 12.7 Å². The smallest absolute Gasteiger partial charge is 0.332 e. The highest BCUT2D eigenvalue weighted by Gasteiger charge is 2.27. The average molecular weight is 328 g/mol. The van der Waals surface area contributed by atoms with Crippen LogP contribution in [0.5, 0.6) is 0 Å². The second kappa shape index (κ2) is 9.99. The molecule has 130 valence electrons. The average Bonchev–Trinajstić information content (AvgIpc) is 2.51. The summed E-state index contributed by atoms with van der Waals surface area (Å²) in [6.45, 7) is 0.351. The maximum Gasteiger partial charge on any atom is 0.332 e. The number of esters is 1. The van der Waals surface area contributed by atoms with Crippen molar-refractivity contribution in [2.24, 2.45) is 5.92 Å². The Hall–Kier alpha value is -1.89. The van der Waals surface area contributed by atoms with E-state index in [1.54, 1.807) is 0 Å². The molecule has 0 aromatic heterocycles. The van der Waals surface area contributed by atoms with Gasteiger partial charge in [0.25, 0.3) is 0 Å².